The molecule has 2 heterocycles. The number of hydrogen-bond donors (Lipinski definition) is 2. The lowest BCUT2D eigenvalue weighted by molar-refractivity contribution is 0.936. The second kappa shape index (κ2) is 5.63. The fraction of sp³-hybridized carbons (Fsp3) is 0. The van der Waals surface area contributed by atoms with Crippen LogP contribution in [0.1, 0.15) is 5.69 Å². The number of imidazole rings is 1. The van der Waals surface area contributed by atoms with Crippen molar-refractivity contribution in [1.82, 2.24) is 24.9 Å². The molecule has 0 fully saturated rings. The standard InChI is InChI=1S/C13H11N7S/c14-12(21)19-16-7-11-9-3-1-2-4-10(9)17-13(18-11)20-6-5-15-8-20/h1-8H,(H3,14,19,21)/b16-7+. The fourth-order valence-electron chi connectivity index (χ4n) is 1.84. The van der Waals surface area contributed by atoms with Gasteiger partial charge in [-0.15, -0.1) is 0 Å². The van der Waals surface area contributed by atoms with Crippen LogP contribution in [0.4, 0.5) is 0 Å². The Labute approximate surface area is 125 Å². The highest BCUT2D eigenvalue weighted by molar-refractivity contribution is 7.80. The number of para-hydroxylation sites is 1. The van der Waals surface area contributed by atoms with E-state index in [1.165, 1.54) is 0 Å². The largest absolute Gasteiger partial charge is 0.375 e. The molecule has 3 rings (SSSR count). The van der Waals surface area contributed by atoms with Crippen LogP contribution in [-0.2, 0) is 0 Å². The molecule has 0 unspecified atom stereocenters. The van der Waals surface area contributed by atoms with Crippen LogP contribution >= 0.6 is 12.2 Å². The zero-order valence-corrected chi connectivity index (χ0v) is 11.7. The molecule has 0 radical (unpaired) electrons. The van der Waals surface area contributed by atoms with E-state index in [-0.39, 0.29) is 5.11 Å². The van der Waals surface area contributed by atoms with Crippen LogP contribution in [0, 0.1) is 0 Å². The molecule has 8 heteroatoms. The molecule has 0 spiro atoms. The van der Waals surface area contributed by atoms with E-state index in [0.29, 0.717) is 11.6 Å². The molecule has 0 aliphatic rings. The fourth-order valence-corrected chi connectivity index (χ4v) is 1.89. The first-order valence-corrected chi connectivity index (χ1v) is 6.48. The minimum absolute atomic E-state index is 0.0967. The summed E-state index contributed by atoms with van der Waals surface area (Å²) in [6.07, 6.45) is 6.64. The minimum Gasteiger partial charge on any atom is -0.375 e. The second-order valence-corrected chi connectivity index (χ2v) is 4.57. The summed E-state index contributed by atoms with van der Waals surface area (Å²) in [6.45, 7) is 0. The number of nitrogens with one attached hydrogen (secondary N) is 1. The Hall–Kier alpha value is -2.87. The zero-order valence-electron chi connectivity index (χ0n) is 10.8. The van der Waals surface area contributed by atoms with E-state index in [2.05, 4.69) is 25.5 Å². The van der Waals surface area contributed by atoms with Gasteiger partial charge in [0.15, 0.2) is 5.11 Å². The first-order chi connectivity index (χ1) is 10.2. The minimum atomic E-state index is 0.0967. The van der Waals surface area contributed by atoms with Gasteiger partial charge in [-0.25, -0.2) is 15.0 Å². The summed E-state index contributed by atoms with van der Waals surface area (Å²) in [5.41, 5.74) is 9.32. The maximum atomic E-state index is 5.34. The van der Waals surface area contributed by atoms with Crippen molar-refractivity contribution in [2.24, 2.45) is 10.8 Å². The Morgan fingerprint density at radius 2 is 2.19 bits per heavy atom. The summed E-state index contributed by atoms with van der Waals surface area (Å²) < 4.78 is 1.73. The SMILES string of the molecule is NC(=S)N/N=C/c1nc(-n2ccnc2)nc2ccccc12. The first kappa shape index (κ1) is 13.1. The summed E-state index contributed by atoms with van der Waals surface area (Å²) in [6, 6.07) is 7.67. The molecular formula is C13H11N7S. The number of fused-ring (bicyclic) bond motifs is 1. The lowest BCUT2D eigenvalue weighted by Gasteiger charge is -2.05. The number of thiocarbonyl (C=S) groups is 1. The third-order valence-corrected chi connectivity index (χ3v) is 2.81. The molecule has 0 amide bonds. The summed E-state index contributed by atoms with van der Waals surface area (Å²) in [5.74, 6) is 0.517. The Morgan fingerprint density at radius 1 is 1.33 bits per heavy atom. The van der Waals surface area contributed by atoms with Gasteiger partial charge in [0.25, 0.3) is 0 Å². The van der Waals surface area contributed by atoms with Crippen molar-refractivity contribution in [2.75, 3.05) is 0 Å². The molecule has 0 bridgehead atoms. The van der Waals surface area contributed by atoms with Crippen molar-refractivity contribution in [2.45, 2.75) is 0 Å². The van der Waals surface area contributed by atoms with E-state index in [1.807, 2.05) is 24.3 Å². The number of aromatic nitrogens is 4. The Morgan fingerprint density at radius 3 is 2.95 bits per heavy atom. The molecule has 0 saturated heterocycles. The summed E-state index contributed by atoms with van der Waals surface area (Å²) in [7, 11) is 0. The van der Waals surface area contributed by atoms with Gasteiger partial charge in [0.05, 0.1) is 17.4 Å². The maximum Gasteiger partial charge on any atom is 0.236 e. The molecule has 0 atom stereocenters. The number of rotatable bonds is 3. The molecular weight excluding hydrogens is 286 g/mol. The van der Waals surface area contributed by atoms with Gasteiger partial charge in [-0.1, -0.05) is 18.2 Å². The van der Waals surface area contributed by atoms with Crippen molar-refractivity contribution in [3.8, 4) is 5.95 Å². The van der Waals surface area contributed by atoms with E-state index in [4.69, 9.17) is 18.0 Å². The highest BCUT2D eigenvalue weighted by Crippen LogP contribution is 2.15. The monoisotopic (exact) mass is 297 g/mol. The van der Waals surface area contributed by atoms with Crippen molar-refractivity contribution < 1.29 is 0 Å². The average molecular weight is 297 g/mol. The predicted molar refractivity (Wildman–Crippen MR) is 84.2 cm³/mol. The highest BCUT2D eigenvalue weighted by atomic mass is 32.1. The van der Waals surface area contributed by atoms with Gasteiger partial charge < -0.3 is 5.73 Å². The van der Waals surface area contributed by atoms with E-state index in [1.54, 1.807) is 29.5 Å². The topological polar surface area (TPSA) is 94.0 Å². The number of hydrogen-bond acceptors (Lipinski definition) is 5. The van der Waals surface area contributed by atoms with Gasteiger partial charge in [0.1, 0.15) is 6.33 Å². The Balaban J connectivity index is 2.11. The van der Waals surface area contributed by atoms with E-state index in [9.17, 15) is 0 Å². The normalized spacial score (nSPS) is 11.0. The highest BCUT2D eigenvalue weighted by Gasteiger charge is 2.07. The molecule has 1 aromatic carbocycles. The lowest BCUT2D eigenvalue weighted by atomic mass is 10.2. The van der Waals surface area contributed by atoms with Gasteiger partial charge >= 0.3 is 0 Å². The van der Waals surface area contributed by atoms with Crippen LogP contribution in [0.3, 0.4) is 0 Å². The van der Waals surface area contributed by atoms with Crippen molar-refractivity contribution >= 4 is 34.4 Å². The second-order valence-electron chi connectivity index (χ2n) is 4.13. The molecule has 7 nitrogen and oxygen atoms in total. The summed E-state index contributed by atoms with van der Waals surface area (Å²) in [5, 5.41) is 4.94. The summed E-state index contributed by atoms with van der Waals surface area (Å²) in [4.78, 5) is 13.0. The Bertz CT molecular complexity index is 811. The van der Waals surface area contributed by atoms with Gasteiger partial charge in [0.2, 0.25) is 5.95 Å². The van der Waals surface area contributed by atoms with Crippen molar-refractivity contribution in [3.63, 3.8) is 0 Å². The average Bonchev–Trinajstić information content (AvgIpc) is 3.01. The molecule has 0 saturated carbocycles. The van der Waals surface area contributed by atoms with Crippen LogP contribution in [0.25, 0.3) is 16.9 Å². The van der Waals surface area contributed by atoms with Crippen LogP contribution in [0.2, 0.25) is 0 Å². The molecule has 0 aliphatic heterocycles. The van der Waals surface area contributed by atoms with Crippen molar-refractivity contribution in [1.29, 1.82) is 0 Å². The van der Waals surface area contributed by atoms with E-state index >= 15 is 0 Å². The number of nitrogens with two attached hydrogens (primary N) is 1. The number of hydrazone groups is 1. The summed E-state index contributed by atoms with van der Waals surface area (Å²) >= 11 is 4.71. The third-order valence-electron chi connectivity index (χ3n) is 2.72. The van der Waals surface area contributed by atoms with Crippen LogP contribution in [-0.4, -0.2) is 30.8 Å². The molecule has 3 N–H and O–H groups in total. The quantitative estimate of drug-likeness (QED) is 0.425. The molecule has 3 aromatic rings. The third kappa shape index (κ3) is 2.84. The van der Waals surface area contributed by atoms with Crippen LogP contribution < -0.4 is 11.2 Å². The Kier molecular flexibility index (Phi) is 3.52. The molecule has 21 heavy (non-hydrogen) atoms. The van der Waals surface area contributed by atoms with Gasteiger partial charge in [0, 0.05) is 17.8 Å². The number of nitrogens with zero attached hydrogens (tertiary/aromatic N) is 5. The maximum absolute atomic E-state index is 5.34. The van der Waals surface area contributed by atoms with Gasteiger partial charge in [-0.3, -0.25) is 9.99 Å². The molecule has 104 valence electrons. The van der Waals surface area contributed by atoms with Crippen molar-refractivity contribution in [3.05, 3.63) is 48.7 Å². The molecule has 0 aliphatic carbocycles. The zero-order chi connectivity index (χ0) is 14.7. The van der Waals surface area contributed by atoms with Crippen LogP contribution in [0.15, 0.2) is 48.1 Å². The predicted octanol–water partition coefficient (Wildman–Crippen LogP) is 0.983. The van der Waals surface area contributed by atoms with E-state index in [0.717, 1.165) is 10.9 Å². The van der Waals surface area contributed by atoms with E-state index < -0.39 is 0 Å². The smallest absolute Gasteiger partial charge is 0.236 e. The number of benzene rings is 1. The first-order valence-electron chi connectivity index (χ1n) is 6.07. The molecule has 2 aromatic heterocycles. The van der Waals surface area contributed by atoms with Gasteiger partial charge in [-0.05, 0) is 18.3 Å². The van der Waals surface area contributed by atoms with Gasteiger partial charge in [-0.2, -0.15) is 5.10 Å². The van der Waals surface area contributed by atoms with Crippen LogP contribution in [0.5, 0.6) is 0 Å². The lowest BCUT2D eigenvalue weighted by Crippen LogP contribution is -2.24.